The van der Waals surface area contributed by atoms with E-state index < -0.39 is 0 Å². The molecule has 0 saturated heterocycles. The van der Waals surface area contributed by atoms with Crippen LogP contribution in [0.4, 0.5) is 11.4 Å². The van der Waals surface area contributed by atoms with Crippen molar-refractivity contribution in [3.8, 4) is 11.1 Å². The molecule has 0 saturated carbocycles. The van der Waals surface area contributed by atoms with Gasteiger partial charge in [-0.3, -0.25) is 0 Å². The fourth-order valence-corrected chi connectivity index (χ4v) is 3.98. The summed E-state index contributed by atoms with van der Waals surface area (Å²) in [6, 6.07) is 38.9. The van der Waals surface area contributed by atoms with E-state index >= 15 is 0 Å². The molecule has 0 aliphatic rings. The Morgan fingerprint density at radius 3 is 2.11 bits per heavy atom. The Morgan fingerprint density at radius 2 is 1.21 bits per heavy atom. The van der Waals surface area contributed by atoms with E-state index in [1.165, 1.54) is 44.0 Å². The Balaban J connectivity index is 1.62. The van der Waals surface area contributed by atoms with Gasteiger partial charge in [-0.25, -0.2) is 0 Å². The molecule has 0 amide bonds. The Kier molecular flexibility index (Phi) is 4.06. The average Bonchev–Trinajstić information content (AvgIpc) is 2.78. The van der Waals surface area contributed by atoms with Gasteiger partial charge in [-0.05, 0) is 45.3 Å². The van der Waals surface area contributed by atoms with Crippen LogP contribution in [-0.2, 0) is 0 Å². The van der Waals surface area contributed by atoms with Crippen molar-refractivity contribution < 1.29 is 0 Å². The van der Waals surface area contributed by atoms with Gasteiger partial charge in [0.2, 0.25) is 0 Å². The number of anilines is 2. The molecule has 0 aliphatic carbocycles. The van der Waals surface area contributed by atoms with Gasteiger partial charge in [0, 0.05) is 24.0 Å². The summed E-state index contributed by atoms with van der Waals surface area (Å²) < 4.78 is 0. The summed E-state index contributed by atoms with van der Waals surface area (Å²) in [6.45, 7) is 0. The lowest BCUT2D eigenvalue weighted by Gasteiger charge is -2.23. The molecule has 0 aromatic heterocycles. The van der Waals surface area contributed by atoms with Crippen molar-refractivity contribution in [2.45, 2.75) is 0 Å². The molecule has 0 atom stereocenters. The molecular weight excluding hydrogens is 338 g/mol. The van der Waals surface area contributed by atoms with Gasteiger partial charge in [-0.15, -0.1) is 0 Å². The summed E-state index contributed by atoms with van der Waals surface area (Å²) >= 11 is 0. The van der Waals surface area contributed by atoms with Gasteiger partial charge in [0.05, 0.1) is 0 Å². The van der Waals surface area contributed by atoms with Crippen molar-refractivity contribution in [1.29, 1.82) is 0 Å². The smallest absolute Gasteiger partial charge is 0.0487 e. The average molecular weight is 359 g/mol. The molecule has 28 heavy (non-hydrogen) atoms. The lowest BCUT2D eigenvalue weighted by Crippen LogP contribution is -2.10. The van der Waals surface area contributed by atoms with Crippen LogP contribution in [0.3, 0.4) is 0 Å². The highest BCUT2D eigenvalue weighted by atomic mass is 15.1. The maximum absolute atomic E-state index is 2.28. The molecule has 1 heteroatoms. The quantitative estimate of drug-likeness (QED) is 0.303. The topological polar surface area (TPSA) is 3.24 Å². The first-order valence-electron chi connectivity index (χ1n) is 9.61. The summed E-state index contributed by atoms with van der Waals surface area (Å²) in [6.07, 6.45) is 0. The van der Waals surface area contributed by atoms with Crippen LogP contribution in [0.15, 0.2) is 109 Å². The second-order valence-electron chi connectivity index (χ2n) is 7.13. The van der Waals surface area contributed by atoms with Crippen molar-refractivity contribution >= 4 is 32.9 Å². The Labute approximate surface area is 165 Å². The Bertz CT molecular complexity index is 1270. The molecule has 134 valence electrons. The van der Waals surface area contributed by atoms with Crippen LogP contribution in [0.5, 0.6) is 0 Å². The Morgan fingerprint density at radius 1 is 0.536 bits per heavy atom. The third kappa shape index (κ3) is 2.82. The number of nitrogens with zero attached hydrogens (tertiary/aromatic N) is 1. The minimum atomic E-state index is 1.19. The van der Waals surface area contributed by atoms with Gasteiger partial charge in [0.1, 0.15) is 0 Å². The molecule has 0 spiro atoms. The molecule has 0 radical (unpaired) electrons. The van der Waals surface area contributed by atoms with E-state index in [0.717, 1.165) is 0 Å². The highest BCUT2D eigenvalue weighted by molar-refractivity contribution is 6.08. The molecule has 5 rings (SSSR count). The molecule has 0 N–H and O–H groups in total. The van der Waals surface area contributed by atoms with Crippen LogP contribution in [0, 0.1) is 0 Å². The monoisotopic (exact) mass is 359 g/mol. The highest BCUT2D eigenvalue weighted by Crippen LogP contribution is 2.36. The van der Waals surface area contributed by atoms with Crippen molar-refractivity contribution in [1.82, 2.24) is 0 Å². The number of hydrogen-bond donors (Lipinski definition) is 0. The van der Waals surface area contributed by atoms with Crippen LogP contribution < -0.4 is 4.90 Å². The summed E-state index contributed by atoms with van der Waals surface area (Å²) in [4.78, 5) is 2.27. The van der Waals surface area contributed by atoms with E-state index in [2.05, 4.69) is 121 Å². The van der Waals surface area contributed by atoms with Gasteiger partial charge in [-0.2, -0.15) is 0 Å². The maximum atomic E-state index is 2.28. The normalized spacial score (nSPS) is 11.0. The van der Waals surface area contributed by atoms with Crippen molar-refractivity contribution in [3.63, 3.8) is 0 Å². The minimum Gasteiger partial charge on any atom is -0.344 e. The number of benzene rings is 5. The standard InChI is InChI=1S/C27H21N/c1-28(27-14-8-7-13-26(27)20-9-3-2-4-10-20)23-17-18-25-22(19-23)16-15-21-11-5-6-12-24(21)25/h2-19H,1H3. The molecule has 0 fully saturated rings. The number of rotatable bonds is 3. The predicted molar refractivity (Wildman–Crippen MR) is 121 cm³/mol. The largest absolute Gasteiger partial charge is 0.344 e. The second kappa shape index (κ2) is 6.86. The van der Waals surface area contributed by atoms with Crippen molar-refractivity contribution in [3.05, 3.63) is 109 Å². The van der Waals surface area contributed by atoms with Crippen LogP contribution in [-0.4, -0.2) is 7.05 Å². The number of hydrogen-bond acceptors (Lipinski definition) is 1. The molecule has 5 aromatic rings. The second-order valence-corrected chi connectivity index (χ2v) is 7.13. The maximum Gasteiger partial charge on any atom is 0.0487 e. The summed E-state index contributed by atoms with van der Waals surface area (Å²) in [7, 11) is 2.14. The molecule has 1 nitrogen and oxygen atoms in total. The molecule has 5 aromatic carbocycles. The molecular formula is C27H21N. The third-order valence-electron chi connectivity index (χ3n) is 5.47. The van der Waals surface area contributed by atoms with E-state index in [1.54, 1.807) is 0 Å². The van der Waals surface area contributed by atoms with E-state index in [1.807, 2.05) is 0 Å². The van der Waals surface area contributed by atoms with Gasteiger partial charge >= 0.3 is 0 Å². The van der Waals surface area contributed by atoms with Crippen LogP contribution >= 0.6 is 0 Å². The molecule has 0 unspecified atom stereocenters. The first-order chi connectivity index (χ1) is 13.8. The van der Waals surface area contributed by atoms with Gasteiger partial charge in [0.15, 0.2) is 0 Å². The van der Waals surface area contributed by atoms with E-state index in [-0.39, 0.29) is 0 Å². The zero-order chi connectivity index (χ0) is 18.9. The molecule has 0 bridgehead atoms. The fourth-order valence-electron chi connectivity index (χ4n) is 3.98. The van der Waals surface area contributed by atoms with Gasteiger partial charge in [-0.1, -0.05) is 91.0 Å². The first kappa shape index (κ1) is 16.6. The van der Waals surface area contributed by atoms with Crippen molar-refractivity contribution in [2.24, 2.45) is 0 Å². The van der Waals surface area contributed by atoms with Gasteiger partial charge in [0.25, 0.3) is 0 Å². The summed E-state index contributed by atoms with van der Waals surface area (Å²) in [5, 5.41) is 5.15. The first-order valence-corrected chi connectivity index (χ1v) is 9.61. The lowest BCUT2D eigenvalue weighted by molar-refractivity contribution is 1.21. The van der Waals surface area contributed by atoms with Crippen LogP contribution in [0.1, 0.15) is 0 Å². The predicted octanol–water partition coefficient (Wildman–Crippen LogP) is 7.43. The minimum absolute atomic E-state index is 1.19. The highest BCUT2D eigenvalue weighted by Gasteiger charge is 2.11. The van der Waals surface area contributed by atoms with Crippen LogP contribution in [0.2, 0.25) is 0 Å². The van der Waals surface area contributed by atoms with E-state index in [9.17, 15) is 0 Å². The zero-order valence-electron chi connectivity index (χ0n) is 15.8. The summed E-state index contributed by atoms with van der Waals surface area (Å²) in [5.74, 6) is 0. The van der Waals surface area contributed by atoms with Crippen LogP contribution in [0.25, 0.3) is 32.7 Å². The Hall–Kier alpha value is -3.58. The molecule has 0 aliphatic heterocycles. The SMILES string of the molecule is CN(c1ccc2c(ccc3ccccc32)c1)c1ccccc1-c1ccccc1. The number of fused-ring (bicyclic) bond motifs is 3. The molecule has 0 heterocycles. The fraction of sp³-hybridized carbons (Fsp3) is 0.0370. The summed E-state index contributed by atoms with van der Waals surface area (Å²) in [5.41, 5.74) is 4.86. The van der Waals surface area contributed by atoms with E-state index in [4.69, 9.17) is 0 Å². The lowest BCUT2D eigenvalue weighted by atomic mass is 10.0. The zero-order valence-corrected chi connectivity index (χ0v) is 15.8. The third-order valence-corrected chi connectivity index (χ3v) is 5.47. The van der Waals surface area contributed by atoms with E-state index in [0.29, 0.717) is 0 Å². The number of para-hydroxylation sites is 1. The van der Waals surface area contributed by atoms with Gasteiger partial charge < -0.3 is 4.90 Å². The van der Waals surface area contributed by atoms with Crippen molar-refractivity contribution in [2.75, 3.05) is 11.9 Å².